The van der Waals surface area contributed by atoms with Crippen molar-refractivity contribution in [2.45, 2.75) is 51.1 Å². The van der Waals surface area contributed by atoms with Crippen LogP contribution in [0.15, 0.2) is 42.9 Å². The van der Waals surface area contributed by atoms with Crippen LogP contribution in [0.3, 0.4) is 0 Å². The molecule has 0 unspecified atom stereocenters. The number of rotatable bonds is 5. The summed E-state index contributed by atoms with van der Waals surface area (Å²) in [5, 5.41) is 2.85. The highest BCUT2D eigenvalue weighted by atomic mass is 16.2. The van der Waals surface area contributed by atoms with Crippen molar-refractivity contribution < 1.29 is 9.59 Å². The predicted octanol–water partition coefficient (Wildman–Crippen LogP) is 3.41. The van der Waals surface area contributed by atoms with Crippen molar-refractivity contribution in [3.8, 4) is 0 Å². The minimum absolute atomic E-state index is 0.0549. The van der Waals surface area contributed by atoms with Crippen LogP contribution >= 0.6 is 0 Å². The number of carbonyl (C=O) groups is 2. The van der Waals surface area contributed by atoms with Crippen LogP contribution in [-0.2, 0) is 11.3 Å². The second-order valence-corrected chi connectivity index (χ2v) is 7.43. The summed E-state index contributed by atoms with van der Waals surface area (Å²) in [4.78, 5) is 35.9. The summed E-state index contributed by atoms with van der Waals surface area (Å²) in [6, 6.07) is 7.12. The SMILES string of the molecule is O=C(Nc1cnccn1)[C@@H](CC1CCCCC1)N1Cc2ccccc2C1=O. The Morgan fingerprint density at radius 3 is 2.74 bits per heavy atom. The Morgan fingerprint density at radius 2 is 2.00 bits per heavy atom. The Balaban J connectivity index is 1.56. The van der Waals surface area contributed by atoms with E-state index in [0.717, 1.165) is 18.4 Å². The van der Waals surface area contributed by atoms with Gasteiger partial charge in [0.1, 0.15) is 6.04 Å². The number of amides is 2. The number of carbonyl (C=O) groups excluding carboxylic acids is 2. The van der Waals surface area contributed by atoms with Crippen LogP contribution in [0.4, 0.5) is 5.82 Å². The molecule has 2 aliphatic rings. The average Bonchev–Trinajstić information content (AvgIpc) is 3.04. The van der Waals surface area contributed by atoms with Crippen LogP contribution in [0.1, 0.15) is 54.4 Å². The third-order valence-electron chi connectivity index (χ3n) is 5.62. The van der Waals surface area contributed by atoms with E-state index in [2.05, 4.69) is 15.3 Å². The number of anilines is 1. The van der Waals surface area contributed by atoms with Gasteiger partial charge in [-0.05, 0) is 24.0 Å². The van der Waals surface area contributed by atoms with Crippen molar-refractivity contribution in [2.75, 3.05) is 5.32 Å². The lowest BCUT2D eigenvalue weighted by molar-refractivity contribution is -0.121. The highest BCUT2D eigenvalue weighted by Crippen LogP contribution is 2.32. The fourth-order valence-corrected chi connectivity index (χ4v) is 4.22. The van der Waals surface area contributed by atoms with Crippen LogP contribution < -0.4 is 5.32 Å². The molecular weight excluding hydrogens is 340 g/mol. The lowest BCUT2D eigenvalue weighted by atomic mass is 9.84. The number of nitrogens with zero attached hydrogens (tertiary/aromatic N) is 3. The van der Waals surface area contributed by atoms with Crippen molar-refractivity contribution in [3.63, 3.8) is 0 Å². The minimum atomic E-state index is -0.491. The van der Waals surface area contributed by atoms with Gasteiger partial charge in [0.2, 0.25) is 5.91 Å². The molecule has 140 valence electrons. The second kappa shape index (κ2) is 7.86. The number of hydrogen-bond acceptors (Lipinski definition) is 4. The predicted molar refractivity (Wildman–Crippen MR) is 102 cm³/mol. The van der Waals surface area contributed by atoms with Gasteiger partial charge in [-0.15, -0.1) is 0 Å². The molecule has 0 bridgehead atoms. The number of aromatic nitrogens is 2. The third-order valence-corrected chi connectivity index (χ3v) is 5.62. The van der Waals surface area contributed by atoms with Crippen molar-refractivity contribution in [2.24, 2.45) is 5.92 Å². The summed E-state index contributed by atoms with van der Waals surface area (Å²) in [5.74, 6) is 0.663. The minimum Gasteiger partial charge on any atom is -0.322 e. The van der Waals surface area contributed by atoms with Crippen molar-refractivity contribution in [1.29, 1.82) is 0 Å². The van der Waals surface area contributed by atoms with E-state index in [0.29, 0.717) is 30.3 Å². The third kappa shape index (κ3) is 3.84. The van der Waals surface area contributed by atoms with E-state index in [9.17, 15) is 9.59 Å². The van der Waals surface area contributed by atoms with Crippen molar-refractivity contribution in [1.82, 2.24) is 14.9 Å². The van der Waals surface area contributed by atoms with Crippen LogP contribution in [-0.4, -0.2) is 32.7 Å². The summed E-state index contributed by atoms with van der Waals surface area (Å²) in [6.07, 6.45) is 11.3. The molecule has 1 aromatic heterocycles. The Kier molecular flexibility index (Phi) is 5.14. The largest absolute Gasteiger partial charge is 0.322 e. The zero-order chi connectivity index (χ0) is 18.6. The molecule has 6 nitrogen and oxygen atoms in total. The molecule has 1 aliphatic heterocycles. The van der Waals surface area contributed by atoms with Crippen LogP contribution in [0.2, 0.25) is 0 Å². The van der Waals surface area contributed by atoms with Crippen LogP contribution in [0.25, 0.3) is 0 Å². The maximum atomic E-state index is 13.1. The molecule has 1 atom stereocenters. The summed E-state index contributed by atoms with van der Waals surface area (Å²) in [5.41, 5.74) is 1.70. The maximum absolute atomic E-state index is 13.1. The monoisotopic (exact) mass is 364 g/mol. The zero-order valence-corrected chi connectivity index (χ0v) is 15.3. The Labute approximate surface area is 159 Å². The van der Waals surface area contributed by atoms with E-state index in [1.807, 2.05) is 24.3 Å². The number of hydrogen-bond donors (Lipinski definition) is 1. The quantitative estimate of drug-likeness (QED) is 0.882. The summed E-state index contributed by atoms with van der Waals surface area (Å²) < 4.78 is 0. The molecule has 1 saturated carbocycles. The summed E-state index contributed by atoms with van der Waals surface area (Å²) >= 11 is 0. The molecule has 4 rings (SSSR count). The summed E-state index contributed by atoms with van der Waals surface area (Å²) in [7, 11) is 0. The second-order valence-electron chi connectivity index (χ2n) is 7.43. The summed E-state index contributed by atoms with van der Waals surface area (Å²) in [6.45, 7) is 0.486. The molecule has 2 aromatic rings. The van der Waals surface area contributed by atoms with Gasteiger partial charge in [0.25, 0.3) is 5.91 Å². The van der Waals surface area contributed by atoms with E-state index in [-0.39, 0.29) is 11.8 Å². The molecule has 27 heavy (non-hydrogen) atoms. The maximum Gasteiger partial charge on any atom is 0.255 e. The first-order valence-corrected chi connectivity index (χ1v) is 9.68. The van der Waals surface area contributed by atoms with Crippen LogP contribution in [0.5, 0.6) is 0 Å². The molecule has 2 heterocycles. The zero-order valence-electron chi connectivity index (χ0n) is 15.3. The number of benzene rings is 1. The molecule has 1 N–H and O–H groups in total. The molecular formula is C21H24N4O2. The highest BCUT2D eigenvalue weighted by Gasteiger charge is 2.37. The van der Waals surface area contributed by atoms with Gasteiger partial charge in [-0.25, -0.2) is 4.98 Å². The van der Waals surface area contributed by atoms with Gasteiger partial charge in [-0.2, -0.15) is 0 Å². The van der Waals surface area contributed by atoms with Crippen LogP contribution in [0, 0.1) is 5.92 Å². The highest BCUT2D eigenvalue weighted by molar-refractivity contribution is 6.03. The first kappa shape index (κ1) is 17.6. The smallest absolute Gasteiger partial charge is 0.255 e. The molecule has 0 spiro atoms. The molecule has 1 aliphatic carbocycles. The fourth-order valence-electron chi connectivity index (χ4n) is 4.22. The lowest BCUT2D eigenvalue weighted by Gasteiger charge is -2.31. The molecule has 2 amide bonds. The standard InChI is InChI=1S/C21H24N4O2/c26-20(24-19-13-22-10-11-23-19)18(12-15-6-2-1-3-7-15)25-14-16-8-4-5-9-17(16)21(25)27/h4-5,8-11,13,15,18H,1-3,6-7,12,14H2,(H,23,24,26)/t18-/m1/s1. The topological polar surface area (TPSA) is 75.2 Å². The number of nitrogens with one attached hydrogen (secondary N) is 1. The van der Waals surface area contributed by atoms with Gasteiger partial charge in [-0.1, -0.05) is 50.3 Å². The van der Waals surface area contributed by atoms with Gasteiger partial charge in [0.05, 0.1) is 6.20 Å². The van der Waals surface area contributed by atoms with Gasteiger partial charge in [0.15, 0.2) is 5.82 Å². The van der Waals surface area contributed by atoms with Gasteiger partial charge in [-0.3, -0.25) is 14.6 Å². The fraction of sp³-hybridized carbons (Fsp3) is 0.429. The first-order chi connectivity index (χ1) is 13.2. The van der Waals surface area contributed by atoms with Crippen molar-refractivity contribution >= 4 is 17.6 Å². The van der Waals surface area contributed by atoms with E-state index in [1.54, 1.807) is 17.3 Å². The van der Waals surface area contributed by atoms with E-state index in [4.69, 9.17) is 0 Å². The molecule has 6 heteroatoms. The Hall–Kier alpha value is -2.76. The lowest BCUT2D eigenvalue weighted by Crippen LogP contribution is -2.45. The number of fused-ring (bicyclic) bond motifs is 1. The normalized spacial score (nSPS) is 18.2. The Bertz CT molecular complexity index is 818. The van der Waals surface area contributed by atoms with E-state index < -0.39 is 6.04 Å². The van der Waals surface area contributed by atoms with E-state index in [1.165, 1.54) is 25.5 Å². The van der Waals surface area contributed by atoms with Gasteiger partial charge in [0, 0.05) is 24.5 Å². The first-order valence-electron chi connectivity index (χ1n) is 9.68. The van der Waals surface area contributed by atoms with Gasteiger partial charge < -0.3 is 10.2 Å². The molecule has 1 fully saturated rings. The van der Waals surface area contributed by atoms with E-state index >= 15 is 0 Å². The molecule has 1 aromatic carbocycles. The van der Waals surface area contributed by atoms with Gasteiger partial charge >= 0.3 is 0 Å². The van der Waals surface area contributed by atoms with Crippen molar-refractivity contribution in [3.05, 3.63) is 54.0 Å². The molecule has 0 saturated heterocycles. The molecule has 0 radical (unpaired) electrons. The average molecular weight is 364 g/mol. The Morgan fingerprint density at radius 1 is 1.19 bits per heavy atom.